The number of piperidine rings is 2. The first-order valence-corrected chi connectivity index (χ1v) is 28.2. The molecule has 1 spiro atoms. The molecule has 0 bridgehead atoms. The van der Waals surface area contributed by atoms with Crippen LogP contribution in [0.15, 0.2) is 0 Å². The standard InChI is InChI=1S/C47H71N7O11S2/c1-67(62,63)53-18-15-31(24-53)40(56)48-36(41(57)51-46-49-37(27-66-46)29-5-3-2-4-6-29)26-64-25-28-7-9-30(10-8-28)43(59)52-19-16-47(17-20-52)22-33(23-47)65-32-11-12-34-35(21-32)45(61)54(44(34)60)38-13-14-39(55)50-42(38)58/h28-38,46,49H,2-27H2,1H3,(H,48,56)(H,51,57)(H,50,55,58)/t28?,30?,31?,32?,34?,35?,36-,37?,38?,46?/m0/s1. The lowest BCUT2D eigenvalue weighted by Gasteiger charge is -2.53. The van der Waals surface area contributed by atoms with Gasteiger partial charge in [-0.1, -0.05) is 19.3 Å². The molecule has 18 nitrogen and oxygen atoms in total. The molecule has 7 unspecified atom stereocenters. The van der Waals surface area contributed by atoms with Gasteiger partial charge in [0.15, 0.2) is 0 Å². The fourth-order valence-corrected chi connectivity index (χ4v) is 15.1. The van der Waals surface area contributed by atoms with Crippen LogP contribution in [0.3, 0.4) is 0 Å². The molecular formula is C47H71N7O11S2. The number of carbonyl (C=O) groups excluding carboxylic acids is 7. The summed E-state index contributed by atoms with van der Waals surface area (Å²) in [4.78, 5) is 94.9. The summed E-state index contributed by atoms with van der Waals surface area (Å²) in [5.74, 6) is -1.78. The Balaban J connectivity index is 0.687. The number of rotatable bonds is 14. The predicted octanol–water partition coefficient (Wildman–Crippen LogP) is 2.01. The fraction of sp³-hybridized carbons (Fsp3) is 0.851. The highest BCUT2D eigenvalue weighted by atomic mass is 32.2. The number of nitrogens with one attached hydrogen (secondary N) is 4. The Labute approximate surface area is 398 Å². The van der Waals surface area contributed by atoms with Crippen molar-refractivity contribution in [3.63, 3.8) is 0 Å². The molecule has 9 aliphatic rings. The van der Waals surface area contributed by atoms with E-state index in [1.807, 2.05) is 4.90 Å². The number of sulfonamides is 1. The molecule has 372 valence electrons. The molecule has 0 aromatic carbocycles. The first kappa shape index (κ1) is 48.8. The van der Waals surface area contributed by atoms with Crippen LogP contribution in [-0.4, -0.2) is 151 Å². The van der Waals surface area contributed by atoms with Gasteiger partial charge in [0.2, 0.25) is 51.4 Å². The Morgan fingerprint density at radius 2 is 1.58 bits per heavy atom. The van der Waals surface area contributed by atoms with E-state index < -0.39 is 45.8 Å². The van der Waals surface area contributed by atoms with E-state index in [0.29, 0.717) is 44.2 Å². The van der Waals surface area contributed by atoms with E-state index in [9.17, 15) is 42.0 Å². The molecule has 5 heterocycles. The summed E-state index contributed by atoms with van der Waals surface area (Å²) in [7, 11) is -3.42. The Kier molecular flexibility index (Phi) is 15.1. The monoisotopic (exact) mass is 973 g/mol. The highest BCUT2D eigenvalue weighted by molar-refractivity contribution is 8.00. The number of hydrogen-bond donors (Lipinski definition) is 4. The summed E-state index contributed by atoms with van der Waals surface area (Å²) in [6, 6.07) is -1.51. The Hall–Kier alpha value is -3.17. The summed E-state index contributed by atoms with van der Waals surface area (Å²) >= 11 is 1.67. The van der Waals surface area contributed by atoms with Gasteiger partial charge in [0, 0.05) is 56.9 Å². The summed E-state index contributed by atoms with van der Waals surface area (Å²) in [5.41, 5.74) is -0.106. The number of imide groups is 2. The summed E-state index contributed by atoms with van der Waals surface area (Å²) < 4.78 is 38.3. The van der Waals surface area contributed by atoms with Crippen molar-refractivity contribution in [2.75, 3.05) is 51.4 Å². The maximum atomic E-state index is 13.8. The van der Waals surface area contributed by atoms with E-state index in [4.69, 9.17) is 9.47 Å². The van der Waals surface area contributed by atoms with Crippen molar-refractivity contribution < 1.29 is 51.5 Å². The molecule has 0 aromatic heterocycles. The van der Waals surface area contributed by atoms with E-state index in [0.717, 1.165) is 81.4 Å². The van der Waals surface area contributed by atoms with Gasteiger partial charge in [-0.2, -0.15) is 0 Å². The number of hydrogen-bond acceptors (Lipinski definition) is 13. The third-order valence-corrected chi connectivity index (χ3v) is 19.4. The average molecular weight is 974 g/mol. The molecule has 67 heavy (non-hydrogen) atoms. The van der Waals surface area contributed by atoms with Crippen molar-refractivity contribution in [2.45, 2.75) is 158 Å². The van der Waals surface area contributed by atoms with Crippen molar-refractivity contribution in [3.05, 3.63) is 0 Å². The topological polar surface area (TPSA) is 230 Å². The van der Waals surface area contributed by atoms with Crippen LogP contribution in [0.25, 0.3) is 0 Å². The van der Waals surface area contributed by atoms with E-state index in [2.05, 4.69) is 21.3 Å². The van der Waals surface area contributed by atoms with Crippen LogP contribution in [0.1, 0.15) is 122 Å². The molecule has 4 N–H and O–H groups in total. The van der Waals surface area contributed by atoms with Gasteiger partial charge >= 0.3 is 0 Å². The number of nitrogens with zero attached hydrogens (tertiary/aromatic N) is 3. The van der Waals surface area contributed by atoms with Crippen molar-refractivity contribution in [1.29, 1.82) is 0 Å². The number of ether oxygens (including phenoxy) is 2. The minimum atomic E-state index is -3.42. The number of carbonyl (C=O) groups is 7. The van der Waals surface area contributed by atoms with Crippen LogP contribution >= 0.6 is 11.8 Å². The first-order chi connectivity index (χ1) is 32.1. The second kappa shape index (κ2) is 20.7. The molecule has 9 fully saturated rings. The molecule has 4 aliphatic carbocycles. The van der Waals surface area contributed by atoms with Crippen LogP contribution in [0.2, 0.25) is 0 Å². The fourth-order valence-electron chi connectivity index (χ4n) is 12.9. The van der Waals surface area contributed by atoms with Crippen LogP contribution in [0.5, 0.6) is 0 Å². The molecule has 4 saturated carbocycles. The molecular weight excluding hydrogens is 903 g/mol. The average Bonchev–Trinajstić information content (AvgIpc) is 4.05. The lowest BCUT2D eigenvalue weighted by Crippen LogP contribution is -2.55. The first-order valence-electron chi connectivity index (χ1n) is 25.3. The van der Waals surface area contributed by atoms with Gasteiger partial charge in [0.1, 0.15) is 17.6 Å². The Morgan fingerprint density at radius 3 is 2.28 bits per heavy atom. The molecule has 7 amide bonds. The summed E-state index contributed by atoms with van der Waals surface area (Å²) in [6.07, 6.45) is 16.6. The van der Waals surface area contributed by atoms with E-state index in [-0.39, 0.29) is 103 Å². The third kappa shape index (κ3) is 11.1. The van der Waals surface area contributed by atoms with Crippen molar-refractivity contribution in [1.82, 2.24) is 35.4 Å². The minimum absolute atomic E-state index is 0.00262. The highest BCUT2D eigenvalue weighted by Gasteiger charge is 2.55. The predicted molar refractivity (Wildman–Crippen MR) is 246 cm³/mol. The van der Waals surface area contributed by atoms with Crippen molar-refractivity contribution in [3.8, 4) is 0 Å². The summed E-state index contributed by atoms with van der Waals surface area (Å²) in [5, 5.41) is 11.9. The van der Waals surface area contributed by atoms with E-state index in [1.54, 1.807) is 11.8 Å². The third-order valence-electron chi connectivity index (χ3n) is 17.0. The normalized spacial score (nSPS) is 34.7. The van der Waals surface area contributed by atoms with Crippen LogP contribution < -0.4 is 21.3 Å². The molecule has 5 aliphatic heterocycles. The SMILES string of the molecule is CS(=O)(=O)N1CCC(C(=O)N[C@@H](COCC2CCC(C(=O)N3CCC4(CC3)CC(OC3CCC5C(=O)N(C6CCC(=O)NC6=O)C(=O)C5C3)C4)CC2)C(=O)NC2NC(C3CCCCC3)CS2)C1. The molecule has 0 radical (unpaired) electrons. The zero-order chi connectivity index (χ0) is 47.0. The van der Waals surface area contributed by atoms with Gasteiger partial charge in [0.05, 0.1) is 42.8 Å². The molecule has 0 aromatic rings. The Morgan fingerprint density at radius 1 is 0.851 bits per heavy atom. The van der Waals surface area contributed by atoms with Gasteiger partial charge < -0.3 is 25.0 Å². The maximum Gasteiger partial charge on any atom is 0.249 e. The maximum absolute atomic E-state index is 13.8. The summed E-state index contributed by atoms with van der Waals surface area (Å²) in [6.45, 7) is 2.23. The number of amides is 7. The number of thioether (sulfide) groups is 1. The van der Waals surface area contributed by atoms with Crippen molar-refractivity contribution >= 4 is 63.1 Å². The largest absolute Gasteiger partial charge is 0.378 e. The Bertz CT molecular complexity index is 2010. The van der Waals surface area contributed by atoms with Gasteiger partial charge in [-0.3, -0.25) is 49.1 Å². The van der Waals surface area contributed by atoms with Gasteiger partial charge in [-0.05, 0) is 114 Å². The van der Waals surface area contributed by atoms with Gasteiger partial charge in [-0.25, -0.2) is 12.7 Å². The number of fused-ring (bicyclic) bond motifs is 1. The quantitative estimate of drug-likeness (QED) is 0.183. The zero-order valence-electron chi connectivity index (χ0n) is 39.0. The van der Waals surface area contributed by atoms with Gasteiger partial charge in [-0.15, -0.1) is 11.8 Å². The van der Waals surface area contributed by atoms with Crippen molar-refractivity contribution in [2.24, 2.45) is 40.9 Å². The lowest BCUT2D eigenvalue weighted by molar-refractivity contribution is -0.157. The highest BCUT2D eigenvalue weighted by Crippen LogP contribution is 2.52. The minimum Gasteiger partial charge on any atom is -0.378 e. The van der Waals surface area contributed by atoms with E-state index >= 15 is 0 Å². The van der Waals surface area contributed by atoms with Crippen LogP contribution in [0, 0.1) is 40.9 Å². The second-order valence-corrected chi connectivity index (χ2v) is 24.6. The van der Waals surface area contributed by atoms with Crippen LogP contribution in [-0.2, 0) is 53.1 Å². The zero-order valence-corrected chi connectivity index (χ0v) is 40.6. The van der Waals surface area contributed by atoms with E-state index in [1.165, 1.54) is 36.4 Å². The van der Waals surface area contributed by atoms with Gasteiger partial charge in [0.25, 0.3) is 0 Å². The molecule has 8 atom stereocenters. The molecule has 5 saturated heterocycles. The lowest BCUT2D eigenvalue weighted by atomic mass is 9.61. The second-order valence-electron chi connectivity index (χ2n) is 21.5. The number of likely N-dealkylation sites (tertiary alicyclic amines) is 2. The molecule has 20 heteroatoms. The molecule has 9 rings (SSSR count). The smallest absolute Gasteiger partial charge is 0.249 e. The van der Waals surface area contributed by atoms with Crippen LogP contribution in [0.4, 0.5) is 0 Å².